The van der Waals surface area contributed by atoms with Gasteiger partial charge in [-0.25, -0.2) is 4.79 Å². The van der Waals surface area contributed by atoms with Crippen molar-refractivity contribution in [2.24, 2.45) is 0 Å². The van der Waals surface area contributed by atoms with Crippen molar-refractivity contribution in [2.45, 2.75) is 6.92 Å². The minimum atomic E-state index is -0.584. The van der Waals surface area contributed by atoms with Crippen molar-refractivity contribution in [3.05, 3.63) is 83.4 Å². The summed E-state index contributed by atoms with van der Waals surface area (Å²) in [5.41, 5.74) is 1.38. The van der Waals surface area contributed by atoms with E-state index in [-0.39, 0.29) is 24.9 Å². The minimum Gasteiger partial charge on any atom is -0.462 e. The van der Waals surface area contributed by atoms with E-state index >= 15 is 0 Å². The van der Waals surface area contributed by atoms with Gasteiger partial charge in [-0.1, -0.05) is 6.07 Å². The smallest absolute Gasteiger partial charge is 0.338 e. The van der Waals surface area contributed by atoms with E-state index in [1.165, 1.54) is 30.5 Å². The van der Waals surface area contributed by atoms with Crippen LogP contribution in [-0.4, -0.2) is 31.2 Å². The van der Waals surface area contributed by atoms with Crippen LogP contribution in [0.5, 0.6) is 11.5 Å². The molecule has 0 atom stereocenters. The molecule has 0 saturated heterocycles. The first kappa shape index (κ1) is 21.7. The highest BCUT2D eigenvalue weighted by Crippen LogP contribution is 2.33. The number of furan rings is 1. The van der Waals surface area contributed by atoms with Gasteiger partial charge in [0.25, 0.3) is 11.8 Å². The molecule has 9 nitrogen and oxygen atoms in total. The van der Waals surface area contributed by atoms with Crippen LogP contribution < -0.4 is 20.1 Å². The summed E-state index contributed by atoms with van der Waals surface area (Å²) in [7, 11) is 0. The molecule has 9 heteroatoms. The lowest BCUT2D eigenvalue weighted by Gasteiger charge is -2.11. The molecular weight excluding hydrogens is 428 g/mol. The zero-order valence-electron chi connectivity index (χ0n) is 17.6. The van der Waals surface area contributed by atoms with E-state index in [2.05, 4.69) is 10.6 Å². The number of rotatable bonds is 7. The Morgan fingerprint density at radius 1 is 1.03 bits per heavy atom. The van der Waals surface area contributed by atoms with Gasteiger partial charge in [-0.3, -0.25) is 9.59 Å². The molecule has 4 rings (SSSR count). The Labute approximate surface area is 188 Å². The number of carbonyl (C=O) groups excluding carboxylic acids is 3. The van der Waals surface area contributed by atoms with Crippen LogP contribution >= 0.6 is 0 Å². The number of hydrogen-bond acceptors (Lipinski definition) is 7. The molecule has 2 heterocycles. The molecule has 1 aliphatic heterocycles. The van der Waals surface area contributed by atoms with Crippen LogP contribution in [-0.2, 0) is 9.53 Å². The molecule has 1 aliphatic rings. The summed E-state index contributed by atoms with van der Waals surface area (Å²) in [6.07, 6.45) is 2.87. The van der Waals surface area contributed by atoms with Gasteiger partial charge in [-0.15, -0.1) is 0 Å². The summed E-state index contributed by atoms with van der Waals surface area (Å²) >= 11 is 0. The second kappa shape index (κ2) is 9.73. The molecule has 0 radical (unpaired) electrons. The van der Waals surface area contributed by atoms with E-state index in [0.717, 1.165) is 0 Å². The van der Waals surface area contributed by atoms with E-state index in [0.29, 0.717) is 28.3 Å². The molecular formula is C24H20N2O7. The fourth-order valence-corrected chi connectivity index (χ4v) is 3.02. The van der Waals surface area contributed by atoms with E-state index in [1.807, 2.05) is 0 Å². The lowest BCUT2D eigenvalue weighted by Crippen LogP contribution is -2.30. The van der Waals surface area contributed by atoms with Gasteiger partial charge >= 0.3 is 5.97 Å². The summed E-state index contributed by atoms with van der Waals surface area (Å²) in [5, 5.41) is 5.27. The van der Waals surface area contributed by atoms with Crippen molar-refractivity contribution in [2.75, 3.05) is 18.7 Å². The third-order valence-corrected chi connectivity index (χ3v) is 4.60. The number of ether oxygens (including phenoxy) is 3. The molecule has 2 N–H and O–H groups in total. The Balaban J connectivity index is 1.56. The van der Waals surface area contributed by atoms with E-state index in [9.17, 15) is 14.4 Å². The summed E-state index contributed by atoms with van der Waals surface area (Å²) in [4.78, 5) is 37.3. The van der Waals surface area contributed by atoms with Crippen LogP contribution in [0.3, 0.4) is 0 Å². The van der Waals surface area contributed by atoms with Gasteiger partial charge in [0.15, 0.2) is 17.3 Å². The second-order valence-electron chi connectivity index (χ2n) is 6.85. The zero-order chi connectivity index (χ0) is 23.2. The number of anilines is 1. The maximum Gasteiger partial charge on any atom is 0.338 e. The number of amides is 2. The van der Waals surface area contributed by atoms with Crippen LogP contribution in [0.1, 0.15) is 33.4 Å². The van der Waals surface area contributed by atoms with Crippen LogP contribution in [0.15, 0.2) is 71.0 Å². The fourth-order valence-electron chi connectivity index (χ4n) is 3.02. The van der Waals surface area contributed by atoms with Crippen molar-refractivity contribution in [3.8, 4) is 11.5 Å². The van der Waals surface area contributed by atoms with Crippen molar-refractivity contribution >= 4 is 29.5 Å². The second-order valence-corrected chi connectivity index (χ2v) is 6.85. The molecule has 0 unspecified atom stereocenters. The monoisotopic (exact) mass is 448 g/mol. The largest absolute Gasteiger partial charge is 0.462 e. The highest BCUT2D eigenvalue weighted by atomic mass is 16.7. The van der Waals surface area contributed by atoms with Gasteiger partial charge in [-0.2, -0.15) is 0 Å². The third-order valence-electron chi connectivity index (χ3n) is 4.60. The Morgan fingerprint density at radius 3 is 2.55 bits per heavy atom. The highest BCUT2D eigenvalue weighted by molar-refractivity contribution is 6.10. The van der Waals surface area contributed by atoms with Crippen LogP contribution in [0.4, 0.5) is 5.69 Å². The van der Waals surface area contributed by atoms with Gasteiger partial charge < -0.3 is 29.3 Å². The molecule has 0 spiro atoms. The van der Waals surface area contributed by atoms with Gasteiger partial charge in [0.2, 0.25) is 6.79 Å². The highest BCUT2D eigenvalue weighted by Gasteiger charge is 2.18. The van der Waals surface area contributed by atoms with Gasteiger partial charge in [0.1, 0.15) is 5.70 Å². The topological polar surface area (TPSA) is 116 Å². The molecule has 0 bridgehead atoms. The molecule has 0 fully saturated rings. The van der Waals surface area contributed by atoms with Gasteiger partial charge in [0.05, 0.1) is 18.4 Å². The molecule has 2 amide bonds. The van der Waals surface area contributed by atoms with E-state index in [1.54, 1.807) is 43.3 Å². The maximum absolute atomic E-state index is 13.0. The lowest BCUT2D eigenvalue weighted by atomic mass is 10.1. The fraction of sp³-hybridized carbons (Fsp3) is 0.125. The van der Waals surface area contributed by atoms with Crippen LogP contribution in [0.2, 0.25) is 0 Å². The third kappa shape index (κ3) is 5.21. The van der Waals surface area contributed by atoms with E-state index < -0.39 is 17.8 Å². The Morgan fingerprint density at radius 2 is 1.82 bits per heavy atom. The molecule has 0 aliphatic carbocycles. The Bertz CT molecular complexity index is 1200. The van der Waals surface area contributed by atoms with Crippen LogP contribution in [0, 0.1) is 0 Å². The number of carbonyl (C=O) groups is 3. The predicted octanol–water partition coefficient (Wildman–Crippen LogP) is 3.59. The number of benzene rings is 2. The van der Waals surface area contributed by atoms with Crippen molar-refractivity contribution in [3.63, 3.8) is 0 Å². The number of fused-ring (bicyclic) bond motifs is 1. The van der Waals surface area contributed by atoms with Crippen molar-refractivity contribution in [1.82, 2.24) is 5.32 Å². The quantitative estimate of drug-likeness (QED) is 0.419. The first-order valence-corrected chi connectivity index (χ1v) is 10.1. The molecule has 168 valence electrons. The molecule has 2 aromatic carbocycles. The van der Waals surface area contributed by atoms with E-state index in [4.69, 9.17) is 18.6 Å². The summed E-state index contributed by atoms with van der Waals surface area (Å²) in [5.74, 6) is -0.422. The average Bonchev–Trinajstić information content (AvgIpc) is 3.51. The normalized spacial score (nSPS) is 12.2. The predicted molar refractivity (Wildman–Crippen MR) is 118 cm³/mol. The Hall–Kier alpha value is -4.53. The number of nitrogens with one attached hydrogen (secondary N) is 2. The summed E-state index contributed by atoms with van der Waals surface area (Å²) < 4.78 is 20.7. The molecule has 0 saturated carbocycles. The van der Waals surface area contributed by atoms with Gasteiger partial charge in [0, 0.05) is 5.69 Å². The zero-order valence-corrected chi connectivity index (χ0v) is 17.6. The average molecular weight is 448 g/mol. The number of hydrogen-bond donors (Lipinski definition) is 2. The van der Waals surface area contributed by atoms with Crippen molar-refractivity contribution < 1.29 is 33.0 Å². The Kier molecular flexibility index (Phi) is 6.40. The molecule has 3 aromatic rings. The first-order chi connectivity index (χ1) is 16.0. The summed E-state index contributed by atoms with van der Waals surface area (Å²) in [6, 6.07) is 14.4. The maximum atomic E-state index is 13.0. The lowest BCUT2D eigenvalue weighted by molar-refractivity contribution is -0.113. The minimum absolute atomic E-state index is 0.0234. The standard InChI is InChI=1S/C24H20N2O7/c1-2-30-24(29)16-6-8-17(9-7-16)25-22(27)18(26-23(28)20-4-3-11-31-20)12-15-5-10-19-21(13-15)33-14-32-19/h3-13H,2,14H2,1H3,(H,25,27)(H,26,28). The van der Waals surface area contributed by atoms with Crippen molar-refractivity contribution in [1.29, 1.82) is 0 Å². The molecule has 1 aromatic heterocycles. The molecule has 33 heavy (non-hydrogen) atoms. The first-order valence-electron chi connectivity index (χ1n) is 10.1. The number of esters is 1. The summed E-state index contributed by atoms with van der Waals surface area (Å²) in [6.45, 7) is 2.10. The van der Waals surface area contributed by atoms with Gasteiger partial charge in [-0.05, 0) is 67.1 Å². The van der Waals surface area contributed by atoms with Crippen LogP contribution in [0.25, 0.3) is 6.08 Å². The SMILES string of the molecule is CCOC(=O)c1ccc(NC(=O)C(=Cc2ccc3c(c2)OCO3)NC(=O)c2ccco2)cc1.